The van der Waals surface area contributed by atoms with Crippen molar-refractivity contribution < 1.29 is 153 Å². The molecular weight excluding hydrogens is 1780 g/mol. The van der Waals surface area contributed by atoms with E-state index < -0.39 is 0 Å². The van der Waals surface area contributed by atoms with Gasteiger partial charge in [-0.15, -0.1) is 6.58 Å². The molecule has 4 aliphatic rings. The van der Waals surface area contributed by atoms with E-state index in [-0.39, 0.29) is 48.7 Å². The molecule has 4 aliphatic heterocycles. The molecule has 40 heteroatoms. The van der Waals surface area contributed by atoms with Gasteiger partial charge in [0.1, 0.15) is 36.6 Å². The third kappa shape index (κ3) is 91.0. The number of ether oxygens (including phenoxy) is 30. The highest BCUT2D eigenvalue weighted by molar-refractivity contribution is 8.00. The lowest BCUT2D eigenvalue weighted by Crippen LogP contribution is -2.28. The first-order chi connectivity index (χ1) is 61.3. The molecule has 6 unspecified atom stereocenters. The van der Waals surface area contributed by atoms with Crippen LogP contribution < -0.4 is 0 Å². The van der Waals surface area contributed by atoms with E-state index in [0.717, 1.165) is 171 Å². The summed E-state index contributed by atoms with van der Waals surface area (Å²) in [6.07, 6.45) is 4.53. The van der Waals surface area contributed by atoms with Crippen molar-refractivity contribution in [2.24, 2.45) is 0 Å². The van der Waals surface area contributed by atoms with Crippen LogP contribution in [0.25, 0.3) is 0 Å². The predicted molar refractivity (Wildman–Crippen MR) is 501 cm³/mol. The zero-order chi connectivity index (χ0) is 86.8. The Morgan fingerprint density at radius 3 is 0.710 bits per heavy atom. The number of rotatable bonds is 51. The van der Waals surface area contributed by atoms with Gasteiger partial charge in [0.05, 0.1) is 297 Å². The second kappa shape index (κ2) is 105. The van der Waals surface area contributed by atoms with E-state index in [1.807, 2.05) is 94.1 Å². The Morgan fingerprint density at radius 2 is 0.452 bits per heavy atom. The fourth-order valence-corrected chi connectivity index (χ4v) is 15.9. The third-order valence-corrected chi connectivity index (χ3v) is 24.1. The van der Waals surface area contributed by atoms with E-state index in [1.54, 1.807) is 6.08 Å². The van der Waals surface area contributed by atoms with Crippen LogP contribution >= 0.6 is 94.1 Å². The van der Waals surface area contributed by atoms with E-state index in [4.69, 9.17) is 147 Å². The average molecular weight is 1940 g/mol. The highest BCUT2D eigenvalue weighted by Gasteiger charge is 2.18. The second-order valence-electron chi connectivity index (χ2n) is 27.3. The molecule has 124 heavy (non-hydrogen) atoms. The Labute approximate surface area is 778 Å². The minimum Gasteiger partial charge on any atom is -0.412 e. The zero-order valence-corrected chi connectivity index (χ0v) is 81.5. The molecule has 0 spiro atoms. The summed E-state index contributed by atoms with van der Waals surface area (Å²) in [5.74, 6) is 14.9. The number of aliphatic hydroxyl groups is 1. The van der Waals surface area contributed by atoms with Crippen molar-refractivity contribution in [1.29, 1.82) is 0 Å². The molecule has 4 heterocycles. The van der Waals surface area contributed by atoms with Crippen LogP contribution in [-0.4, -0.2) is 503 Å². The molecule has 4 rings (SSSR count). The molecule has 6 atom stereocenters. The normalized spacial score (nSPS) is 22.1. The molecule has 4 saturated heterocycles. The summed E-state index contributed by atoms with van der Waals surface area (Å²) in [4.78, 5) is 0. The van der Waals surface area contributed by atoms with Crippen LogP contribution in [0, 0.1) is 0 Å². The lowest BCUT2D eigenvalue weighted by molar-refractivity contribution is -0.0813. The molecule has 740 valence electrons. The van der Waals surface area contributed by atoms with Crippen LogP contribution in [0.2, 0.25) is 0 Å². The van der Waals surface area contributed by atoms with Gasteiger partial charge >= 0.3 is 0 Å². The summed E-state index contributed by atoms with van der Waals surface area (Å²) in [5.41, 5.74) is 0. The fourth-order valence-electron chi connectivity index (χ4n) is 10.5. The van der Waals surface area contributed by atoms with Gasteiger partial charge in [-0.25, -0.2) is 0 Å². The largest absolute Gasteiger partial charge is 0.412 e. The number of aliphatic hydroxyl groups excluding tert-OH is 1. The van der Waals surface area contributed by atoms with Gasteiger partial charge in [-0.2, -0.15) is 94.1 Å². The smallest absolute Gasteiger partial charge is 0.104 e. The van der Waals surface area contributed by atoms with Crippen LogP contribution in [-0.2, 0) is 142 Å². The zero-order valence-electron chi connectivity index (χ0n) is 74.9. The van der Waals surface area contributed by atoms with Crippen LogP contribution in [0.5, 0.6) is 0 Å². The van der Waals surface area contributed by atoms with E-state index in [9.17, 15) is 0 Å². The summed E-state index contributed by atoms with van der Waals surface area (Å²) in [6.45, 7) is 34.9. The lowest BCUT2D eigenvalue weighted by Gasteiger charge is -2.19. The Morgan fingerprint density at radius 1 is 0.242 bits per heavy atom. The molecule has 0 aromatic rings. The Hall–Kier alpha value is 1.26. The highest BCUT2D eigenvalue weighted by atomic mass is 32.2. The first-order valence-corrected chi connectivity index (χ1v) is 53.9. The molecule has 0 aromatic heterocycles. The molecule has 0 amide bonds. The first-order valence-electron chi connectivity index (χ1n) is 44.7. The van der Waals surface area contributed by atoms with Crippen molar-refractivity contribution in [3.8, 4) is 0 Å². The Balaban J connectivity index is 0.000000833. The number of thioether (sulfide) groups is 8. The van der Waals surface area contributed by atoms with Gasteiger partial charge in [0.25, 0.3) is 0 Å². The topological polar surface area (TPSA) is 329 Å². The minimum absolute atomic E-state index is 0. The van der Waals surface area contributed by atoms with Crippen molar-refractivity contribution in [2.75, 3.05) is 455 Å². The molecule has 0 bridgehead atoms. The Bertz CT molecular complexity index is 1980. The van der Waals surface area contributed by atoms with E-state index in [2.05, 4.69) is 6.58 Å². The maximum absolute atomic E-state index is 9.11. The molecule has 0 saturated carbocycles. The molecule has 0 aromatic carbocycles. The molecule has 4 fully saturated rings. The van der Waals surface area contributed by atoms with Crippen molar-refractivity contribution in [2.45, 2.75) is 68.7 Å². The van der Waals surface area contributed by atoms with Crippen molar-refractivity contribution in [3.05, 3.63) is 12.7 Å². The molecule has 32 nitrogen and oxygen atoms in total. The van der Waals surface area contributed by atoms with Gasteiger partial charge in [-0.3, -0.25) is 0 Å². The summed E-state index contributed by atoms with van der Waals surface area (Å²) >= 11 is 14.6. The quantitative estimate of drug-likeness (QED) is 0.0477. The van der Waals surface area contributed by atoms with Crippen LogP contribution in [0.1, 0.15) is 32.1 Å². The van der Waals surface area contributed by atoms with Crippen molar-refractivity contribution >= 4 is 94.1 Å². The van der Waals surface area contributed by atoms with Crippen molar-refractivity contribution in [1.82, 2.24) is 0 Å². The standard InChI is InChI=1S/C42H82O16S4.C42H80O15S4.H2O/c43-4-1-5-50-34-40(56-17-16-45-7-3-9-52-36-42-39-55-23-31-60-27-19-47-11-13-49-21-29-62-33-25-58-42)37-53-15-14-44-6-2-8-51-35-41-38-54-22-30-59-26-18-46-10-12-48-20-28-61-32-24-57-41;1-2-5-49-34-40(55-17-16-44-7-4-9-51-36-42-39-54-23-31-59-27-19-46-11-13-48-21-29-61-33-25-57-42)37-52-15-14-43-6-3-8-50-35-41-38-53-22-30-58-26-18-45-10-12-47-20-28-60-32-24-56-41;/h40-43H,1-39H2;2,40-42H,1,3-39H2;1H2. The van der Waals surface area contributed by atoms with Gasteiger partial charge in [0.2, 0.25) is 0 Å². The second-order valence-corrected chi connectivity index (χ2v) is 37.1. The summed E-state index contributed by atoms with van der Waals surface area (Å²) in [6, 6.07) is 0. The average Bonchev–Trinajstić information content (AvgIpc) is 1.02. The van der Waals surface area contributed by atoms with Crippen molar-refractivity contribution in [3.63, 3.8) is 0 Å². The van der Waals surface area contributed by atoms with Gasteiger partial charge in [0, 0.05) is 158 Å². The van der Waals surface area contributed by atoms with Gasteiger partial charge in [-0.05, 0) is 32.1 Å². The third-order valence-electron chi connectivity index (χ3n) is 16.8. The fraction of sp³-hybridized carbons (Fsp3) is 0.976. The predicted octanol–water partition coefficient (Wildman–Crippen LogP) is 6.91. The lowest BCUT2D eigenvalue weighted by atomic mass is 10.4. The van der Waals surface area contributed by atoms with Gasteiger partial charge in [0.15, 0.2) is 0 Å². The summed E-state index contributed by atoms with van der Waals surface area (Å²) in [7, 11) is 0. The highest BCUT2D eigenvalue weighted by Crippen LogP contribution is 2.13. The van der Waals surface area contributed by atoms with Crippen LogP contribution in [0.15, 0.2) is 12.7 Å². The molecule has 0 aliphatic carbocycles. The Kier molecular flexibility index (Phi) is 102. The monoisotopic (exact) mass is 1940 g/mol. The van der Waals surface area contributed by atoms with E-state index in [0.29, 0.717) is 310 Å². The van der Waals surface area contributed by atoms with E-state index in [1.165, 1.54) is 0 Å². The molecule has 0 radical (unpaired) electrons. The van der Waals surface area contributed by atoms with Gasteiger partial charge < -0.3 is 153 Å². The van der Waals surface area contributed by atoms with Crippen LogP contribution in [0.3, 0.4) is 0 Å². The van der Waals surface area contributed by atoms with Crippen LogP contribution in [0.4, 0.5) is 0 Å². The number of hydrogen-bond donors (Lipinski definition) is 1. The summed E-state index contributed by atoms with van der Waals surface area (Å²) in [5, 5.41) is 9.11. The SMILES string of the molecule is C=CCOCC(COCCOCCCOCC1COCCSCCOCCOCCSCCO1)OCCOCCCOCC1COCCSCCOCCOCCSCCO1.O.OCCCOCC(COCCOCCCOCC1COCCSCCOCCOCCSCCO1)OCCOCCCOCC1COCCSCCOCCOCCSCCO1. The van der Waals surface area contributed by atoms with Gasteiger partial charge in [-0.1, -0.05) is 6.08 Å². The maximum atomic E-state index is 9.11. The molecular formula is C84H164O32S8. The number of hydrogen-bond acceptors (Lipinski definition) is 39. The molecule has 3 N–H and O–H groups in total. The maximum Gasteiger partial charge on any atom is 0.104 e. The van der Waals surface area contributed by atoms with E-state index >= 15 is 0 Å². The summed E-state index contributed by atoms with van der Waals surface area (Å²) < 4.78 is 175. The minimum atomic E-state index is -0.251. The first kappa shape index (κ1) is 121.